The van der Waals surface area contributed by atoms with Crippen molar-refractivity contribution in [1.29, 1.82) is 0 Å². The third-order valence-corrected chi connectivity index (χ3v) is 3.94. The van der Waals surface area contributed by atoms with Gasteiger partial charge in [0.25, 0.3) is 0 Å². The zero-order chi connectivity index (χ0) is 17.4. The first-order valence-electron chi connectivity index (χ1n) is 8.00. The summed E-state index contributed by atoms with van der Waals surface area (Å²) in [5, 5.41) is 0.600. The van der Waals surface area contributed by atoms with E-state index in [-0.39, 0.29) is 12.8 Å². The Morgan fingerprint density at radius 2 is 1.92 bits per heavy atom. The summed E-state index contributed by atoms with van der Waals surface area (Å²) >= 11 is 6.16. The number of nitrogens with two attached hydrogens (primary N) is 1. The monoisotopic (exact) mass is 349 g/mol. The molecule has 0 aromatic heterocycles. The third kappa shape index (κ3) is 5.41. The fraction of sp³-hybridized carbons (Fsp3) is 0.368. The summed E-state index contributed by atoms with van der Waals surface area (Å²) in [6.45, 7) is 2.66. The zero-order valence-electron chi connectivity index (χ0n) is 14.1. The van der Waals surface area contributed by atoms with Crippen LogP contribution in [0.25, 0.3) is 0 Å². The van der Waals surface area contributed by atoms with Crippen molar-refractivity contribution in [1.82, 2.24) is 0 Å². The van der Waals surface area contributed by atoms with E-state index in [0.29, 0.717) is 29.5 Å². The van der Waals surface area contributed by atoms with Crippen molar-refractivity contribution in [2.45, 2.75) is 32.4 Å². The van der Waals surface area contributed by atoms with Gasteiger partial charge in [-0.3, -0.25) is 0 Å². The number of hydrogen-bond acceptors (Lipinski definition) is 4. The normalized spacial score (nSPS) is 12.0. The van der Waals surface area contributed by atoms with E-state index in [2.05, 4.69) is 6.92 Å². The molecule has 0 saturated heterocycles. The van der Waals surface area contributed by atoms with Gasteiger partial charge in [0.05, 0.1) is 13.7 Å². The Morgan fingerprint density at radius 3 is 2.58 bits per heavy atom. The molecule has 2 aromatic rings. The van der Waals surface area contributed by atoms with Crippen molar-refractivity contribution < 1.29 is 14.2 Å². The van der Waals surface area contributed by atoms with Crippen LogP contribution >= 0.6 is 11.6 Å². The average Bonchev–Trinajstić information content (AvgIpc) is 2.60. The second kappa shape index (κ2) is 9.52. The van der Waals surface area contributed by atoms with E-state index in [1.54, 1.807) is 13.2 Å². The number of methoxy groups -OCH3 is 1. The Morgan fingerprint density at radius 1 is 1.17 bits per heavy atom. The van der Waals surface area contributed by atoms with Crippen LogP contribution in [0.2, 0.25) is 5.02 Å². The summed E-state index contributed by atoms with van der Waals surface area (Å²) < 4.78 is 16.8. The highest BCUT2D eigenvalue weighted by atomic mass is 35.5. The SMILES string of the molecule is CCC(N)Cc1cc(Cl)cc(OC)c1OCOCc1ccccc1. The molecule has 1 unspecified atom stereocenters. The maximum atomic E-state index is 6.16. The molecule has 0 aliphatic heterocycles. The summed E-state index contributed by atoms with van der Waals surface area (Å²) in [5.41, 5.74) is 8.10. The topological polar surface area (TPSA) is 53.7 Å². The Bertz CT molecular complexity index is 634. The van der Waals surface area contributed by atoms with E-state index in [9.17, 15) is 0 Å². The minimum atomic E-state index is 0.0424. The molecular formula is C19H24ClNO3. The number of benzene rings is 2. The molecule has 4 nitrogen and oxygen atoms in total. The van der Waals surface area contributed by atoms with Gasteiger partial charge in [0.15, 0.2) is 18.3 Å². The van der Waals surface area contributed by atoms with Crippen molar-refractivity contribution in [3.63, 3.8) is 0 Å². The van der Waals surface area contributed by atoms with Crippen LogP contribution in [0.1, 0.15) is 24.5 Å². The maximum Gasteiger partial charge on any atom is 0.189 e. The molecule has 0 aliphatic rings. The molecule has 1 atom stereocenters. The van der Waals surface area contributed by atoms with Gasteiger partial charge in [-0.1, -0.05) is 48.9 Å². The molecule has 0 amide bonds. The van der Waals surface area contributed by atoms with Crippen LogP contribution < -0.4 is 15.2 Å². The van der Waals surface area contributed by atoms with Crippen LogP contribution in [0.5, 0.6) is 11.5 Å². The quantitative estimate of drug-likeness (QED) is 0.545. The lowest BCUT2D eigenvalue weighted by Gasteiger charge is -2.18. The first-order valence-corrected chi connectivity index (χ1v) is 8.38. The third-order valence-electron chi connectivity index (χ3n) is 3.72. The van der Waals surface area contributed by atoms with E-state index in [1.807, 2.05) is 36.4 Å². The van der Waals surface area contributed by atoms with Gasteiger partial charge in [-0.15, -0.1) is 0 Å². The fourth-order valence-electron chi connectivity index (χ4n) is 2.35. The Hall–Kier alpha value is -1.75. The van der Waals surface area contributed by atoms with Crippen LogP contribution in [-0.2, 0) is 17.8 Å². The minimum Gasteiger partial charge on any atom is -0.493 e. The van der Waals surface area contributed by atoms with Gasteiger partial charge in [0.1, 0.15) is 0 Å². The van der Waals surface area contributed by atoms with Gasteiger partial charge in [0, 0.05) is 22.7 Å². The highest BCUT2D eigenvalue weighted by molar-refractivity contribution is 6.30. The minimum absolute atomic E-state index is 0.0424. The summed E-state index contributed by atoms with van der Waals surface area (Å²) in [4.78, 5) is 0. The van der Waals surface area contributed by atoms with Crippen LogP contribution in [0.15, 0.2) is 42.5 Å². The van der Waals surface area contributed by atoms with Gasteiger partial charge in [-0.25, -0.2) is 0 Å². The lowest BCUT2D eigenvalue weighted by atomic mass is 10.0. The predicted octanol–water partition coefficient (Wildman–Crippen LogP) is 4.18. The first-order chi connectivity index (χ1) is 11.6. The molecule has 0 saturated carbocycles. The lowest BCUT2D eigenvalue weighted by Crippen LogP contribution is -2.22. The van der Waals surface area contributed by atoms with Crippen LogP contribution in [0.4, 0.5) is 0 Å². The van der Waals surface area contributed by atoms with Crippen LogP contribution in [0, 0.1) is 0 Å². The zero-order valence-corrected chi connectivity index (χ0v) is 14.9. The van der Waals surface area contributed by atoms with Gasteiger partial charge in [-0.05, 0) is 24.5 Å². The average molecular weight is 350 g/mol. The van der Waals surface area contributed by atoms with Crippen LogP contribution in [0.3, 0.4) is 0 Å². The molecule has 2 aromatic carbocycles. The molecule has 130 valence electrons. The summed E-state index contributed by atoms with van der Waals surface area (Å²) in [5.74, 6) is 1.22. The Labute approximate surface area is 148 Å². The molecule has 0 bridgehead atoms. The second-order valence-electron chi connectivity index (χ2n) is 5.56. The summed E-state index contributed by atoms with van der Waals surface area (Å²) in [7, 11) is 1.59. The molecule has 24 heavy (non-hydrogen) atoms. The molecule has 0 spiro atoms. The van der Waals surface area contributed by atoms with Crippen molar-refractivity contribution in [2.75, 3.05) is 13.9 Å². The molecule has 2 rings (SSSR count). The number of rotatable bonds is 9. The van der Waals surface area contributed by atoms with E-state index < -0.39 is 0 Å². The van der Waals surface area contributed by atoms with Gasteiger partial charge < -0.3 is 19.9 Å². The molecule has 5 heteroatoms. The van der Waals surface area contributed by atoms with E-state index in [0.717, 1.165) is 17.5 Å². The van der Waals surface area contributed by atoms with Crippen molar-refractivity contribution in [3.05, 3.63) is 58.6 Å². The molecule has 2 N–H and O–H groups in total. The van der Waals surface area contributed by atoms with Gasteiger partial charge >= 0.3 is 0 Å². The van der Waals surface area contributed by atoms with Gasteiger partial charge in [-0.2, -0.15) is 0 Å². The van der Waals surface area contributed by atoms with Crippen molar-refractivity contribution in [3.8, 4) is 11.5 Å². The fourth-order valence-corrected chi connectivity index (χ4v) is 2.58. The van der Waals surface area contributed by atoms with Gasteiger partial charge in [0.2, 0.25) is 0 Å². The van der Waals surface area contributed by atoms with E-state index >= 15 is 0 Å². The molecule has 0 aliphatic carbocycles. The Balaban J connectivity index is 2.03. The Kier molecular flexibility index (Phi) is 7.37. The van der Waals surface area contributed by atoms with Crippen molar-refractivity contribution in [2.24, 2.45) is 5.73 Å². The highest BCUT2D eigenvalue weighted by Gasteiger charge is 2.15. The standard InChI is InChI=1S/C19H24ClNO3/c1-3-17(21)10-15-9-16(20)11-18(22-2)19(15)24-13-23-12-14-7-5-4-6-8-14/h4-9,11,17H,3,10,12-13,21H2,1-2H3. The number of halogens is 1. The van der Waals surface area contributed by atoms with E-state index in [1.165, 1.54) is 0 Å². The maximum absolute atomic E-state index is 6.16. The van der Waals surface area contributed by atoms with Crippen molar-refractivity contribution >= 4 is 11.6 Å². The first kappa shape index (κ1) is 18.6. The van der Waals surface area contributed by atoms with Crippen LogP contribution in [-0.4, -0.2) is 19.9 Å². The molecule has 0 fully saturated rings. The smallest absolute Gasteiger partial charge is 0.189 e. The highest BCUT2D eigenvalue weighted by Crippen LogP contribution is 2.35. The summed E-state index contributed by atoms with van der Waals surface area (Å²) in [6.07, 6.45) is 1.54. The summed E-state index contributed by atoms with van der Waals surface area (Å²) in [6, 6.07) is 13.6. The second-order valence-corrected chi connectivity index (χ2v) is 6.00. The molecular weight excluding hydrogens is 326 g/mol. The molecule has 0 heterocycles. The lowest BCUT2D eigenvalue weighted by molar-refractivity contribution is 0.00319. The number of hydrogen-bond donors (Lipinski definition) is 1. The predicted molar refractivity (Wildman–Crippen MR) is 96.7 cm³/mol. The van der Waals surface area contributed by atoms with E-state index in [4.69, 9.17) is 31.5 Å². The number of ether oxygens (including phenoxy) is 3. The molecule has 0 radical (unpaired) electrons. The largest absolute Gasteiger partial charge is 0.493 e.